The van der Waals surface area contributed by atoms with Crippen molar-refractivity contribution in [2.24, 2.45) is 17.3 Å². The average molecular weight is 460 g/mol. The molecule has 3 saturated carbocycles. The molecule has 4 fully saturated rings. The van der Waals surface area contributed by atoms with Crippen molar-refractivity contribution < 1.29 is 13.2 Å². The number of rotatable bonds is 4. The van der Waals surface area contributed by atoms with E-state index in [1.807, 2.05) is 41.5 Å². The second kappa shape index (κ2) is 9.09. The molecule has 1 heterocycles. The molecule has 3 aliphatic carbocycles. The van der Waals surface area contributed by atoms with E-state index < -0.39 is 11.6 Å². The van der Waals surface area contributed by atoms with Gasteiger partial charge in [0.15, 0.2) is 0 Å². The zero-order valence-electron chi connectivity index (χ0n) is 21.4. The summed E-state index contributed by atoms with van der Waals surface area (Å²) in [7, 11) is 0. The van der Waals surface area contributed by atoms with Gasteiger partial charge in [0.05, 0.1) is 5.41 Å². The van der Waals surface area contributed by atoms with Crippen molar-refractivity contribution in [2.45, 2.75) is 92.0 Å². The van der Waals surface area contributed by atoms with Crippen LogP contribution in [0.2, 0.25) is 0 Å². The van der Waals surface area contributed by atoms with E-state index in [0.29, 0.717) is 5.56 Å². The summed E-state index contributed by atoms with van der Waals surface area (Å²) in [5.74, 6) is 2.04. The standard InChI is InChI=1S/C23H22F3N.3C2H6/c1-21(2,23(24,25)26)16-9-7-15(8-10-16)14-5-3-13(4-6-14)12-27-19-17-11-18-20(27)22(17,18)19;3*1-2/h3-10,17-20H,11-12H2,1-2H3;3*1-2H3. The van der Waals surface area contributed by atoms with E-state index in [0.717, 1.165) is 47.0 Å². The van der Waals surface area contributed by atoms with Crippen LogP contribution in [-0.2, 0) is 12.0 Å². The number of hydrogen-bond acceptors (Lipinski definition) is 1. The highest BCUT2D eigenvalue weighted by molar-refractivity contribution is 5.64. The predicted molar refractivity (Wildman–Crippen MR) is 132 cm³/mol. The lowest BCUT2D eigenvalue weighted by atomic mass is 9.83. The fourth-order valence-corrected chi connectivity index (χ4v) is 6.21. The van der Waals surface area contributed by atoms with Crippen LogP contribution in [0.25, 0.3) is 11.1 Å². The molecule has 182 valence electrons. The molecule has 0 N–H and O–H groups in total. The SMILES string of the molecule is CC.CC.CC.CC(C)(c1ccc(-c2ccc(CN3C4C5CC6C3C564)cc2)cc1)C(F)(F)F. The molecular weight excluding hydrogens is 419 g/mol. The van der Waals surface area contributed by atoms with Crippen LogP contribution in [0.5, 0.6) is 0 Å². The first kappa shape index (κ1) is 25.8. The number of benzene rings is 2. The number of likely N-dealkylation sites (tertiary alicyclic amines) is 1. The van der Waals surface area contributed by atoms with Crippen LogP contribution in [0, 0.1) is 17.3 Å². The predicted octanol–water partition coefficient (Wildman–Crippen LogP) is 8.47. The third kappa shape index (κ3) is 3.64. The molecular formula is C29H40F3N. The van der Waals surface area contributed by atoms with Gasteiger partial charge in [0, 0.05) is 24.0 Å². The number of fused-ring (bicyclic) bond motifs is 2. The zero-order chi connectivity index (χ0) is 24.8. The van der Waals surface area contributed by atoms with Crippen LogP contribution >= 0.6 is 0 Å². The lowest BCUT2D eigenvalue weighted by Crippen LogP contribution is -2.39. The molecule has 2 aromatic carbocycles. The lowest BCUT2D eigenvalue weighted by molar-refractivity contribution is -0.180. The quantitative estimate of drug-likeness (QED) is 0.443. The average Bonchev–Trinajstić information content (AvgIpc) is 3.52. The van der Waals surface area contributed by atoms with Crippen molar-refractivity contribution in [3.63, 3.8) is 0 Å². The largest absolute Gasteiger partial charge is 0.397 e. The van der Waals surface area contributed by atoms with Crippen molar-refractivity contribution in [1.29, 1.82) is 0 Å². The molecule has 1 spiro atoms. The molecule has 0 radical (unpaired) electrons. The summed E-state index contributed by atoms with van der Waals surface area (Å²) >= 11 is 0. The number of halogens is 3. The van der Waals surface area contributed by atoms with Gasteiger partial charge in [0.2, 0.25) is 0 Å². The summed E-state index contributed by atoms with van der Waals surface area (Å²) in [4.78, 5) is 2.68. The molecule has 0 amide bonds. The molecule has 4 heteroatoms. The normalized spacial score (nSPS) is 29.7. The van der Waals surface area contributed by atoms with E-state index in [4.69, 9.17) is 0 Å². The summed E-state index contributed by atoms with van der Waals surface area (Å²) in [5, 5.41) is 0. The fraction of sp³-hybridized carbons (Fsp3) is 0.586. The summed E-state index contributed by atoms with van der Waals surface area (Å²) in [6, 6.07) is 17.1. The third-order valence-corrected chi connectivity index (χ3v) is 8.04. The first-order valence-corrected chi connectivity index (χ1v) is 12.8. The number of nitrogens with zero attached hydrogens (tertiary/aromatic N) is 1. The van der Waals surface area contributed by atoms with Crippen molar-refractivity contribution in [1.82, 2.24) is 4.90 Å². The van der Waals surface area contributed by atoms with Crippen LogP contribution in [0.3, 0.4) is 0 Å². The maximum atomic E-state index is 13.2. The van der Waals surface area contributed by atoms with E-state index >= 15 is 0 Å². The van der Waals surface area contributed by atoms with Crippen molar-refractivity contribution >= 4 is 0 Å². The van der Waals surface area contributed by atoms with E-state index in [9.17, 15) is 13.2 Å². The highest BCUT2D eigenvalue weighted by Gasteiger charge is 3.01. The van der Waals surface area contributed by atoms with Crippen LogP contribution in [0.1, 0.15) is 72.9 Å². The van der Waals surface area contributed by atoms with E-state index in [1.54, 1.807) is 24.3 Å². The molecule has 33 heavy (non-hydrogen) atoms. The molecule has 0 aromatic heterocycles. The minimum Gasteiger partial charge on any atom is -0.291 e. The van der Waals surface area contributed by atoms with E-state index in [-0.39, 0.29) is 0 Å². The van der Waals surface area contributed by atoms with Crippen molar-refractivity contribution in [3.8, 4) is 11.1 Å². The first-order chi connectivity index (χ1) is 15.8. The molecule has 4 aliphatic rings. The second-order valence-corrected chi connectivity index (χ2v) is 9.41. The number of hydrogen-bond donors (Lipinski definition) is 0. The zero-order valence-corrected chi connectivity index (χ0v) is 21.4. The summed E-state index contributed by atoms with van der Waals surface area (Å²) < 4.78 is 39.6. The summed E-state index contributed by atoms with van der Waals surface area (Å²) in [6.45, 7) is 15.5. The summed E-state index contributed by atoms with van der Waals surface area (Å²) in [5.41, 5.74) is 2.61. The topological polar surface area (TPSA) is 3.24 Å². The first-order valence-electron chi connectivity index (χ1n) is 12.8. The molecule has 1 nitrogen and oxygen atoms in total. The van der Waals surface area contributed by atoms with Gasteiger partial charge in [-0.3, -0.25) is 4.90 Å². The van der Waals surface area contributed by atoms with Gasteiger partial charge in [0.1, 0.15) is 0 Å². The maximum absolute atomic E-state index is 13.2. The van der Waals surface area contributed by atoms with Gasteiger partial charge in [-0.2, -0.15) is 13.2 Å². The molecule has 4 atom stereocenters. The molecule has 0 bridgehead atoms. The van der Waals surface area contributed by atoms with Crippen LogP contribution < -0.4 is 0 Å². The Morgan fingerprint density at radius 1 is 0.758 bits per heavy atom. The van der Waals surface area contributed by atoms with Gasteiger partial charge >= 0.3 is 6.18 Å². The Morgan fingerprint density at radius 2 is 1.18 bits per heavy atom. The fourth-order valence-electron chi connectivity index (χ4n) is 6.21. The van der Waals surface area contributed by atoms with Gasteiger partial charge in [-0.15, -0.1) is 0 Å². The highest BCUT2D eigenvalue weighted by atomic mass is 19.4. The van der Waals surface area contributed by atoms with E-state index in [1.165, 1.54) is 25.8 Å². The Labute approximate surface area is 198 Å². The maximum Gasteiger partial charge on any atom is 0.397 e. The Kier molecular flexibility index (Phi) is 7.11. The number of piperidine rings is 2. The lowest BCUT2D eigenvalue weighted by Gasteiger charge is -2.30. The van der Waals surface area contributed by atoms with Crippen molar-refractivity contribution in [2.75, 3.05) is 0 Å². The molecule has 2 aromatic rings. The van der Waals surface area contributed by atoms with Crippen molar-refractivity contribution in [3.05, 3.63) is 59.7 Å². The number of alkyl halides is 3. The van der Waals surface area contributed by atoms with Gasteiger partial charge in [-0.05, 0) is 54.4 Å². The summed E-state index contributed by atoms with van der Waals surface area (Å²) in [6.07, 6.45) is -2.78. The van der Waals surface area contributed by atoms with Crippen LogP contribution in [-0.4, -0.2) is 23.2 Å². The Balaban J connectivity index is 0.000000475. The minimum atomic E-state index is -4.26. The monoisotopic (exact) mass is 459 g/mol. The third-order valence-electron chi connectivity index (χ3n) is 8.04. The smallest absolute Gasteiger partial charge is 0.291 e. The van der Waals surface area contributed by atoms with E-state index in [2.05, 4.69) is 29.2 Å². The minimum absolute atomic E-state index is 0.295. The van der Waals surface area contributed by atoms with Gasteiger partial charge < -0.3 is 0 Å². The molecule has 1 aliphatic heterocycles. The molecule has 6 rings (SSSR count). The van der Waals surface area contributed by atoms with Gasteiger partial charge in [-0.25, -0.2) is 0 Å². The second-order valence-electron chi connectivity index (χ2n) is 9.41. The van der Waals surface area contributed by atoms with Gasteiger partial charge in [0.25, 0.3) is 0 Å². The Morgan fingerprint density at radius 3 is 1.55 bits per heavy atom. The molecule has 1 saturated heterocycles. The Bertz CT molecular complexity index is 907. The van der Waals surface area contributed by atoms with Crippen LogP contribution in [0.4, 0.5) is 13.2 Å². The van der Waals surface area contributed by atoms with Gasteiger partial charge in [-0.1, -0.05) is 90.1 Å². The molecule has 4 unspecified atom stereocenters. The van der Waals surface area contributed by atoms with Crippen LogP contribution in [0.15, 0.2) is 48.5 Å². The highest BCUT2D eigenvalue weighted by Crippen LogP contribution is 2.96. The Hall–Kier alpha value is -1.81.